The first-order valence-electron chi connectivity index (χ1n) is 31.5. The normalized spacial score (nSPS) is 17.6. The predicted octanol–water partition coefficient (Wildman–Crippen LogP) is 17.4. The minimum atomic E-state index is -2.62. The summed E-state index contributed by atoms with van der Waals surface area (Å²) in [6.45, 7) is 31.8. The summed E-state index contributed by atoms with van der Waals surface area (Å²) in [5.74, 6) is 5.47. The zero-order chi connectivity index (χ0) is 62.3. The maximum Gasteiger partial charge on any atom is 0.258 e. The van der Waals surface area contributed by atoms with E-state index < -0.39 is 45.8 Å². The number of fused-ring (bicyclic) bond motifs is 2. The Balaban J connectivity index is 1.19. The molecule has 3 atom stereocenters. The van der Waals surface area contributed by atoms with Crippen molar-refractivity contribution in [3.8, 4) is 51.7 Å². The lowest BCUT2D eigenvalue weighted by Gasteiger charge is -2.42. The molecule has 3 aromatic heterocycles. The third-order valence-electron chi connectivity index (χ3n) is 19.6. The smallest absolute Gasteiger partial charge is 0.258 e. The fourth-order valence-electron chi connectivity index (χ4n) is 15.4. The van der Waals surface area contributed by atoms with Gasteiger partial charge in [0.15, 0.2) is 5.82 Å². The number of hydrogen-bond donors (Lipinski definition) is 0. The fraction of sp³-hybridized carbons (Fsp3) is 0.479. The second-order valence-electron chi connectivity index (χ2n) is 26.4. The Morgan fingerprint density at radius 1 is 0.736 bits per heavy atom. The molecule has 0 aliphatic carbocycles. The van der Waals surface area contributed by atoms with E-state index in [-0.39, 0.29) is 75.0 Å². The number of methoxy groups -OCH3 is 2. The van der Waals surface area contributed by atoms with Gasteiger partial charge in [0.05, 0.1) is 49.0 Å². The fourth-order valence-corrected chi connectivity index (χ4v) is 25.9. The summed E-state index contributed by atoms with van der Waals surface area (Å²) >= 11 is 0. The first-order valence-corrected chi connectivity index (χ1v) is 35.8. The van der Waals surface area contributed by atoms with Crippen LogP contribution >= 0.6 is 0 Å². The van der Waals surface area contributed by atoms with E-state index in [4.69, 9.17) is 38.3 Å². The summed E-state index contributed by atoms with van der Waals surface area (Å²) in [6, 6.07) is 28.7. The van der Waals surface area contributed by atoms with Crippen LogP contribution in [-0.4, -0.2) is 95.0 Å². The summed E-state index contributed by atoms with van der Waals surface area (Å²) in [4.78, 5) is 22.2. The highest BCUT2D eigenvalue weighted by Crippen LogP contribution is 2.50. The maximum absolute atomic E-state index is 19.1. The molecule has 0 bridgehead atoms. The highest BCUT2D eigenvalue weighted by molar-refractivity contribution is 6.90. The van der Waals surface area contributed by atoms with Crippen LogP contribution in [0.1, 0.15) is 138 Å². The van der Waals surface area contributed by atoms with E-state index in [1.54, 1.807) is 20.3 Å². The summed E-state index contributed by atoms with van der Waals surface area (Å²) in [5.41, 5.74) is 8.86. The Morgan fingerprint density at radius 2 is 1.37 bits per heavy atom. The van der Waals surface area contributed by atoms with Crippen LogP contribution in [0.4, 0.5) is 24.7 Å². The quantitative estimate of drug-likeness (QED) is 0.0509. The van der Waals surface area contributed by atoms with E-state index in [9.17, 15) is 0 Å². The van der Waals surface area contributed by atoms with Gasteiger partial charge in [-0.15, -0.1) is 5.54 Å². The summed E-state index contributed by atoms with van der Waals surface area (Å²) in [7, 11) is -1.72. The molecule has 6 heterocycles. The van der Waals surface area contributed by atoms with Crippen molar-refractivity contribution in [1.29, 1.82) is 0 Å². The third kappa shape index (κ3) is 12.0. The van der Waals surface area contributed by atoms with Gasteiger partial charge in [-0.1, -0.05) is 125 Å². The number of ether oxygens (including phenoxy) is 4. The molecular formula is C71H89F3N6O5Si2. The Morgan fingerprint density at radius 3 is 1.97 bits per heavy atom. The van der Waals surface area contributed by atoms with Crippen molar-refractivity contribution in [2.24, 2.45) is 0 Å². The van der Waals surface area contributed by atoms with E-state index in [0.717, 1.165) is 53.4 Å². The number of aromatic nitrogens is 3. The lowest BCUT2D eigenvalue weighted by atomic mass is 9.95. The summed E-state index contributed by atoms with van der Waals surface area (Å²) in [6.07, 6.45) is 2.90. The van der Waals surface area contributed by atoms with Gasteiger partial charge in [0.25, 0.3) is 8.32 Å². The molecular weight excluding hydrogens is 1130 g/mol. The second-order valence-corrected chi connectivity index (χ2v) is 37.3. The number of nitrogens with zero attached hydrogens (tertiary/aromatic N) is 6. The van der Waals surface area contributed by atoms with Crippen LogP contribution < -0.4 is 33.2 Å². The number of pyridine rings is 3. The van der Waals surface area contributed by atoms with Gasteiger partial charge in [-0.25, -0.2) is 28.1 Å². The number of hydrogen-bond acceptors (Lipinski definition) is 11. The number of anilines is 2. The van der Waals surface area contributed by atoms with Gasteiger partial charge in [-0.2, -0.15) is 0 Å². The molecule has 16 heteroatoms. The molecule has 3 aliphatic rings. The maximum atomic E-state index is 19.1. The first kappa shape index (κ1) is 63.2. The van der Waals surface area contributed by atoms with Crippen molar-refractivity contribution >= 4 is 49.6 Å². The molecule has 11 nitrogen and oxygen atoms in total. The van der Waals surface area contributed by atoms with Gasteiger partial charge in [-0.05, 0) is 125 Å². The molecule has 4 aromatic carbocycles. The molecule has 10 rings (SSSR count). The number of halogens is 3. The molecule has 462 valence electrons. The van der Waals surface area contributed by atoms with Gasteiger partial charge in [0.2, 0.25) is 11.8 Å². The lowest BCUT2D eigenvalue weighted by molar-refractivity contribution is 0.111. The van der Waals surface area contributed by atoms with Crippen molar-refractivity contribution in [2.75, 3.05) is 56.9 Å². The van der Waals surface area contributed by atoms with Crippen LogP contribution in [0.25, 0.3) is 32.9 Å². The van der Waals surface area contributed by atoms with Crippen molar-refractivity contribution in [1.82, 2.24) is 19.9 Å². The van der Waals surface area contributed by atoms with E-state index in [0.29, 0.717) is 65.8 Å². The van der Waals surface area contributed by atoms with Crippen molar-refractivity contribution in [2.45, 2.75) is 173 Å². The van der Waals surface area contributed by atoms with Gasteiger partial charge >= 0.3 is 0 Å². The van der Waals surface area contributed by atoms with Gasteiger partial charge < -0.3 is 33.2 Å². The highest BCUT2D eigenvalue weighted by Gasteiger charge is 2.50. The zero-order valence-electron chi connectivity index (χ0n) is 53.8. The molecule has 0 spiro atoms. The molecule has 0 N–H and O–H groups in total. The van der Waals surface area contributed by atoms with Crippen LogP contribution in [-0.2, 0) is 13.1 Å². The van der Waals surface area contributed by atoms with E-state index in [1.165, 1.54) is 6.07 Å². The lowest BCUT2D eigenvalue weighted by Crippen LogP contribution is -2.50. The Bertz CT molecular complexity index is 3570. The monoisotopic (exact) mass is 1220 g/mol. The van der Waals surface area contributed by atoms with E-state index >= 15 is 13.2 Å². The van der Waals surface area contributed by atoms with Gasteiger partial charge in [0.1, 0.15) is 67.6 Å². The predicted molar refractivity (Wildman–Crippen MR) is 352 cm³/mol. The number of rotatable bonds is 21. The SMILES string of the molecule is COc1ccc(CN(Cc2ccc(OC)cc2)c2ncccc2C(C)N2CCOc3nc(-c4cc(O[Si](C(C)C)(C(C)C)C(C)C)cc5ccc(F)c(C#C[Si](C(C)C)(C(C)C)C(C)C)c45)c(F)c4nc(OC[C@@]56CCCN5C[C@H](F)C6)cc2c34)cc1. The molecule has 87 heavy (non-hydrogen) atoms. The summed E-state index contributed by atoms with van der Waals surface area (Å²) < 4.78 is 83.8. The van der Waals surface area contributed by atoms with Gasteiger partial charge in [0, 0.05) is 54.8 Å². The molecule has 2 fully saturated rings. The zero-order valence-corrected chi connectivity index (χ0v) is 55.8. The molecule has 1 unspecified atom stereocenters. The van der Waals surface area contributed by atoms with Crippen LogP contribution in [0.15, 0.2) is 97.2 Å². The molecule has 2 saturated heterocycles. The summed E-state index contributed by atoms with van der Waals surface area (Å²) in [5, 5.41) is 1.46. The number of alkyl halides is 1. The second kappa shape index (κ2) is 25.7. The van der Waals surface area contributed by atoms with Crippen LogP contribution in [0.2, 0.25) is 33.2 Å². The van der Waals surface area contributed by atoms with Crippen molar-refractivity contribution < 1.29 is 36.5 Å². The third-order valence-corrected chi connectivity index (χ3v) is 31.9. The average Bonchev–Trinajstić information content (AvgIpc) is 1.57. The van der Waals surface area contributed by atoms with Gasteiger partial charge in [-0.3, -0.25) is 4.90 Å². The van der Waals surface area contributed by atoms with E-state index in [1.807, 2.05) is 54.7 Å². The average molecular weight is 1220 g/mol. The Kier molecular flexibility index (Phi) is 18.7. The van der Waals surface area contributed by atoms with Crippen molar-refractivity contribution in [3.05, 3.63) is 131 Å². The van der Waals surface area contributed by atoms with Crippen molar-refractivity contribution in [3.63, 3.8) is 0 Å². The van der Waals surface area contributed by atoms with Crippen LogP contribution in [0, 0.1) is 23.1 Å². The molecule has 3 aliphatic heterocycles. The molecule has 7 aromatic rings. The Hall–Kier alpha value is -6.81. The van der Waals surface area contributed by atoms with Crippen LogP contribution in [0.3, 0.4) is 0 Å². The minimum Gasteiger partial charge on any atom is -0.543 e. The molecule has 0 radical (unpaired) electrons. The molecule has 0 amide bonds. The number of benzene rings is 4. The standard InChI is InChI=1S/C71H89F3N6O5Si2/c1-44(2)86(45(3)4,46(5)6)35-29-59-61(73)28-23-53-36-57(85-87(47(7)8,48(9)10)49(11)12)37-60(64(53)59)67-66(74)68-65-62(38-63(76-68)84-43-71-30-17-32-79(71)42-54(72)39-71)80(33-34-83-70(65)77-67)50(13)58-18-16-31-75-69(58)78(40-51-19-24-55(81-14)25-20-51)41-52-21-26-56(82-15)27-22-52/h16,18-28,31,36-38,44-50,54H,17,30,32-34,39-43H2,1-15H3/t50?,54-,71+/m1/s1. The topological polar surface area (TPSA) is 94.5 Å². The highest BCUT2D eigenvalue weighted by atomic mass is 28.4. The van der Waals surface area contributed by atoms with E-state index in [2.05, 4.69) is 147 Å². The minimum absolute atomic E-state index is 0.0196. The largest absolute Gasteiger partial charge is 0.543 e. The molecule has 0 saturated carbocycles. The first-order chi connectivity index (χ1) is 41.5. The Labute approximate surface area is 516 Å². The van der Waals surface area contributed by atoms with Crippen LogP contribution in [0.5, 0.6) is 29.0 Å².